The van der Waals surface area contributed by atoms with Crippen LogP contribution in [0, 0.1) is 24.2 Å². The Bertz CT molecular complexity index is 1480. The summed E-state index contributed by atoms with van der Waals surface area (Å²) in [5, 5.41) is 12.1. The third kappa shape index (κ3) is 4.82. The van der Waals surface area contributed by atoms with Gasteiger partial charge >= 0.3 is 0 Å². The maximum Gasteiger partial charge on any atom is 0.244 e. The Morgan fingerprint density at radius 2 is 1.27 bits per heavy atom. The first kappa shape index (κ1) is 31.0. The van der Waals surface area contributed by atoms with Crippen molar-refractivity contribution in [3.05, 3.63) is 112 Å². The SMILES string of the molecule is Cc1ccc(S(=O)(=O)N2CC(C)/C(=C(/C#N)[Si](C(C)C)(C(C)C)C(C)C)C2(c2ccccc2)c2ccccc2)cc1. The molecule has 4 rings (SSSR count). The highest BCUT2D eigenvalue weighted by Crippen LogP contribution is 2.58. The van der Waals surface area contributed by atoms with Crippen LogP contribution < -0.4 is 0 Å². The number of sulfonamides is 1. The molecule has 0 amide bonds. The van der Waals surface area contributed by atoms with Crippen LogP contribution in [-0.2, 0) is 15.6 Å². The summed E-state index contributed by atoms with van der Waals surface area (Å²) in [5.74, 6) is -0.159. The van der Waals surface area contributed by atoms with E-state index in [0.717, 1.165) is 27.5 Å². The molecule has 6 heteroatoms. The molecule has 1 fully saturated rings. The van der Waals surface area contributed by atoms with Crippen LogP contribution in [0.2, 0.25) is 16.6 Å². The van der Waals surface area contributed by atoms with Crippen LogP contribution in [0.4, 0.5) is 0 Å². The van der Waals surface area contributed by atoms with Crippen molar-refractivity contribution in [1.29, 1.82) is 5.26 Å². The van der Waals surface area contributed by atoms with Crippen molar-refractivity contribution in [3.8, 4) is 6.07 Å². The third-order valence-corrected chi connectivity index (χ3v) is 18.2. The number of hydrogen-bond acceptors (Lipinski definition) is 3. The Morgan fingerprint density at radius 1 is 0.829 bits per heavy atom. The van der Waals surface area contributed by atoms with Gasteiger partial charge in [0.1, 0.15) is 13.6 Å². The molecule has 0 radical (unpaired) electrons. The molecule has 3 aromatic carbocycles. The fourth-order valence-electron chi connectivity index (χ4n) is 7.89. The summed E-state index contributed by atoms with van der Waals surface area (Å²) >= 11 is 0. The summed E-state index contributed by atoms with van der Waals surface area (Å²) in [7, 11) is -6.46. The number of rotatable bonds is 8. The molecule has 1 heterocycles. The summed E-state index contributed by atoms with van der Waals surface area (Å²) in [6.45, 7) is 17.9. The van der Waals surface area contributed by atoms with E-state index < -0.39 is 23.6 Å². The molecule has 0 aromatic heterocycles. The van der Waals surface area contributed by atoms with Crippen LogP contribution in [0.5, 0.6) is 0 Å². The lowest BCUT2D eigenvalue weighted by Crippen LogP contribution is -2.51. The van der Waals surface area contributed by atoms with Gasteiger partial charge in [0.2, 0.25) is 10.0 Å². The van der Waals surface area contributed by atoms with Gasteiger partial charge in [0, 0.05) is 11.7 Å². The number of nitrogens with zero attached hydrogens (tertiary/aromatic N) is 2. The molecule has 0 bridgehead atoms. The van der Waals surface area contributed by atoms with Gasteiger partial charge in [-0.1, -0.05) is 127 Å². The van der Waals surface area contributed by atoms with Gasteiger partial charge in [-0.15, -0.1) is 0 Å². The van der Waals surface area contributed by atoms with E-state index in [1.807, 2.05) is 79.7 Å². The van der Waals surface area contributed by atoms with Crippen molar-refractivity contribution in [3.63, 3.8) is 0 Å². The molecule has 0 aliphatic carbocycles. The lowest BCUT2D eigenvalue weighted by molar-refractivity contribution is 0.326. The smallest absolute Gasteiger partial charge is 0.207 e. The Morgan fingerprint density at radius 3 is 1.66 bits per heavy atom. The molecule has 0 spiro atoms. The second kappa shape index (κ2) is 11.7. The number of aryl methyl sites for hydroxylation is 1. The zero-order valence-corrected chi connectivity index (χ0v) is 27.5. The minimum absolute atomic E-state index is 0.159. The van der Waals surface area contributed by atoms with E-state index in [2.05, 4.69) is 54.5 Å². The lowest BCUT2D eigenvalue weighted by atomic mass is 9.75. The van der Waals surface area contributed by atoms with E-state index in [9.17, 15) is 13.7 Å². The molecular formula is C35H44N2O2SSi. The largest absolute Gasteiger partial charge is 0.244 e. The summed E-state index contributed by atoms with van der Waals surface area (Å²) in [5.41, 5.74) is 3.42. The van der Waals surface area contributed by atoms with Gasteiger partial charge in [-0.25, -0.2) is 8.42 Å². The second-order valence-electron chi connectivity index (χ2n) is 12.5. The van der Waals surface area contributed by atoms with Crippen molar-refractivity contribution >= 4 is 18.1 Å². The summed E-state index contributed by atoms with van der Waals surface area (Å²) in [4.78, 5) is 0.270. The van der Waals surface area contributed by atoms with Crippen molar-refractivity contribution < 1.29 is 8.42 Å². The molecule has 216 valence electrons. The maximum atomic E-state index is 14.8. The summed E-state index contributed by atoms with van der Waals surface area (Å²) in [6, 6.07) is 29.8. The van der Waals surface area contributed by atoms with Crippen molar-refractivity contribution in [2.24, 2.45) is 5.92 Å². The number of nitriles is 1. The molecule has 41 heavy (non-hydrogen) atoms. The maximum absolute atomic E-state index is 14.8. The highest BCUT2D eigenvalue weighted by Gasteiger charge is 2.60. The highest BCUT2D eigenvalue weighted by atomic mass is 32.2. The molecule has 4 nitrogen and oxygen atoms in total. The highest BCUT2D eigenvalue weighted by molar-refractivity contribution is 7.89. The fraction of sp³-hybridized carbons (Fsp3) is 0.400. The van der Waals surface area contributed by atoms with Crippen molar-refractivity contribution in [1.82, 2.24) is 4.31 Å². The minimum Gasteiger partial charge on any atom is -0.207 e. The molecule has 3 aromatic rings. The molecular weight excluding hydrogens is 541 g/mol. The third-order valence-electron chi connectivity index (χ3n) is 9.37. The Balaban J connectivity index is 2.26. The van der Waals surface area contributed by atoms with Crippen LogP contribution in [0.15, 0.2) is 101 Å². The topological polar surface area (TPSA) is 61.2 Å². The summed E-state index contributed by atoms with van der Waals surface area (Å²) in [6.07, 6.45) is 0. The van der Waals surface area contributed by atoms with Gasteiger partial charge in [-0.05, 0) is 58.3 Å². The van der Waals surface area contributed by atoms with Gasteiger partial charge in [0.25, 0.3) is 0 Å². The molecule has 1 saturated heterocycles. The monoisotopic (exact) mass is 584 g/mol. The van der Waals surface area contributed by atoms with Gasteiger partial charge in [0.05, 0.1) is 11.0 Å². The number of benzene rings is 3. The van der Waals surface area contributed by atoms with Crippen molar-refractivity contribution in [2.75, 3.05) is 6.54 Å². The number of hydrogen-bond donors (Lipinski definition) is 0. The predicted molar refractivity (Wildman–Crippen MR) is 172 cm³/mol. The first-order valence-electron chi connectivity index (χ1n) is 14.7. The van der Waals surface area contributed by atoms with E-state index in [-0.39, 0.29) is 10.8 Å². The molecule has 1 aliphatic heterocycles. The van der Waals surface area contributed by atoms with Crippen LogP contribution in [0.3, 0.4) is 0 Å². The second-order valence-corrected chi connectivity index (χ2v) is 20.2. The normalized spacial score (nSPS) is 19.1. The van der Waals surface area contributed by atoms with Crippen molar-refractivity contribution in [2.45, 2.75) is 82.4 Å². The van der Waals surface area contributed by atoms with Gasteiger partial charge in [-0.2, -0.15) is 9.57 Å². The Labute approximate surface area is 248 Å². The van der Waals surface area contributed by atoms with E-state index in [0.29, 0.717) is 23.2 Å². The quantitative estimate of drug-likeness (QED) is 0.197. The van der Waals surface area contributed by atoms with Gasteiger partial charge in [-0.3, -0.25) is 0 Å². The van der Waals surface area contributed by atoms with E-state index in [4.69, 9.17) is 0 Å². The van der Waals surface area contributed by atoms with Crippen LogP contribution in [0.1, 0.15) is 65.2 Å². The van der Waals surface area contributed by atoms with Gasteiger partial charge in [0.15, 0.2) is 0 Å². The number of allylic oxidation sites excluding steroid dienone is 1. The average Bonchev–Trinajstić information content (AvgIpc) is 3.26. The summed E-state index contributed by atoms with van der Waals surface area (Å²) < 4.78 is 31.3. The zero-order chi connectivity index (χ0) is 30.2. The molecule has 1 atom stereocenters. The first-order chi connectivity index (χ1) is 19.4. The molecule has 0 N–H and O–H groups in total. The first-order valence-corrected chi connectivity index (χ1v) is 18.4. The van der Waals surface area contributed by atoms with E-state index >= 15 is 0 Å². The molecule has 1 aliphatic rings. The molecule has 1 unspecified atom stereocenters. The Hall–Kier alpha value is -2.98. The van der Waals surface area contributed by atoms with Crippen LogP contribution >= 0.6 is 0 Å². The predicted octanol–water partition coefficient (Wildman–Crippen LogP) is 8.62. The lowest BCUT2D eigenvalue weighted by Gasteiger charge is -2.47. The van der Waals surface area contributed by atoms with Crippen LogP contribution in [-0.4, -0.2) is 27.3 Å². The standard InChI is InChI=1S/C35H44N2O2SSi/c1-25(2)41(26(3)4,27(5)6)33(23-36)34-29(8)24-37(40(38,39)32-21-19-28(7)20-22-32)35(34,30-15-11-9-12-16-30)31-17-13-10-14-18-31/h9-22,25-27,29H,24H2,1-8H3/b34-33+. The van der Waals surface area contributed by atoms with Crippen LogP contribution in [0.25, 0.3) is 0 Å². The fourth-order valence-corrected chi connectivity index (χ4v) is 16.5. The van der Waals surface area contributed by atoms with Gasteiger partial charge < -0.3 is 0 Å². The molecule has 0 saturated carbocycles. The Kier molecular flexibility index (Phi) is 8.85. The van der Waals surface area contributed by atoms with E-state index in [1.54, 1.807) is 16.4 Å². The van der Waals surface area contributed by atoms with E-state index in [1.165, 1.54) is 0 Å². The zero-order valence-electron chi connectivity index (χ0n) is 25.7. The minimum atomic E-state index is -3.97. The average molecular weight is 585 g/mol.